The molecule has 4 aliphatic rings. The number of methoxy groups -OCH3 is 1. The Kier molecular flexibility index (Phi) is 2.00. The number of hydrogen-bond acceptors (Lipinski definition) is 4. The van der Waals surface area contributed by atoms with Crippen LogP contribution in [0.1, 0.15) is 6.92 Å². The minimum atomic E-state index is -0.450. The van der Waals surface area contributed by atoms with Gasteiger partial charge in [-0.1, -0.05) is 0 Å². The molecule has 0 aliphatic carbocycles. The van der Waals surface area contributed by atoms with Gasteiger partial charge in [-0.05, 0) is 12.7 Å². The summed E-state index contributed by atoms with van der Waals surface area (Å²) in [6.45, 7) is 3.57. The van der Waals surface area contributed by atoms with Gasteiger partial charge in [-0.2, -0.15) is 0 Å². The third-order valence-electron chi connectivity index (χ3n) is 3.73. The molecule has 3 unspecified atom stereocenters. The molecule has 0 aromatic heterocycles. The minimum Gasteiger partial charge on any atom is -0.381 e. The SMILES string of the molecule is [B][C@@H]1CO[C@]2(COC)COC1C1(C)OC12. The van der Waals surface area contributed by atoms with E-state index >= 15 is 0 Å². The summed E-state index contributed by atoms with van der Waals surface area (Å²) in [6, 6.07) is 0. The third-order valence-corrected chi connectivity index (χ3v) is 3.73. The predicted octanol–water partition coefficient (Wildman–Crippen LogP) is -0.0849. The molecule has 4 rings (SSSR count). The van der Waals surface area contributed by atoms with Gasteiger partial charge >= 0.3 is 0 Å². The smallest absolute Gasteiger partial charge is 0.143 e. The summed E-state index contributed by atoms with van der Waals surface area (Å²) >= 11 is 0. The van der Waals surface area contributed by atoms with Gasteiger partial charge < -0.3 is 18.9 Å². The highest BCUT2D eigenvalue weighted by Crippen LogP contribution is 2.56. The lowest BCUT2D eigenvalue weighted by Crippen LogP contribution is -2.54. The summed E-state index contributed by atoms with van der Waals surface area (Å²) in [5.74, 6) is -0.110. The fourth-order valence-corrected chi connectivity index (χ4v) is 2.96. The van der Waals surface area contributed by atoms with Crippen LogP contribution in [0, 0.1) is 0 Å². The van der Waals surface area contributed by atoms with Crippen LogP contribution in [0.4, 0.5) is 0 Å². The van der Waals surface area contributed by atoms with Gasteiger partial charge in [0.05, 0.1) is 27.2 Å². The molecule has 5 atom stereocenters. The Balaban J connectivity index is 1.93. The molecule has 5 heteroatoms. The Morgan fingerprint density at radius 3 is 3.07 bits per heavy atom. The van der Waals surface area contributed by atoms with Gasteiger partial charge in [0.2, 0.25) is 0 Å². The lowest BCUT2D eigenvalue weighted by molar-refractivity contribution is -0.136. The Labute approximate surface area is 90.6 Å². The van der Waals surface area contributed by atoms with E-state index in [1.165, 1.54) is 0 Å². The van der Waals surface area contributed by atoms with E-state index in [0.29, 0.717) is 19.8 Å². The van der Waals surface area contributed by atoms with E-state index in [0.717, 1.165) is 0 Å². The van der Waals surface area contributed by atoms with Gasteiger partial charge in [0, 0.05) is 13.7 Å². The van der Waals surface area contributed by atoms with E-state index < -0.39 is 5.60 Å². The van der Waals surface area contributed by atoms with Crippen LogP contribution in [-0.4, -0.2) is 58.2 Å². The van der Waals surface area contributed by atoms with E-state index in [9.17, 15) is 0 Å². The normalized spacial score (nSPS) is 57.3. The monoisotopic (exact) mass is 210 g/mol. The number of hydrogen-bond donors (Lipinski definition) is 0. The summed E-state index contributed by atoms with van der Waals surface area (Å²) < 4.78 is 22.6. The van der Waals surface area contributed by atoms with Crippen molar-refractivity contribution in [3.8, 4) is 0 Å². The average Bonchev–Trinajstić information content (AvgIpc) is 2.91. The summed E-state index contributed by atoms with van der Waals surface area (Å²) in [5, 5.41) is 0. The largest absolute Gasteiger partial charge is 0.381 e. The van der Waals surface area contributed by atoms with Crippen molar-refractivity contribution < 1.29 is 18.9 Å². The summed E-state index contributed by atoms with van der Waals surface area (Å²) in [5.41, 5.74) is -0.721. The Bertz CT molecular complexity index is 287. The van der Waals surface area contributed by atoms with Crippen molar-refractivity contribution in [3.05, 3.63) is 0 Å². The zero-order valence-corrected chi connectivity index (χ0v) is 9.06. The maximum Gasteiger partial charge on any atom is 0.143 e. The standard InChI is InChI=1S/C10H15BO4/c1-9-7-6(11)3-14-10(4-12-2,5-13-7)8(9)15-9/h6-8H,3-5H2,1-2H3/t6-,7?,8?,9?,10-/m1/s1. The summed E-state index contributed by atoms with van der Waals surface area (Å²) in [4.78, 5) is 0. The van der Waals surface area contributed by atoms with Crippen LogP contribution >= 0.6 is 0 Å². The fraction of sp³-hybridized carbons (Fsp3) is 1.00. The molecule has 0 amide bonds. The number of epoxide rings is 1. The van der Waals surface area contributed by atoms with Gasteiger partial charge in [-0.15, -0.1) is 0 Å². The molecule has 4 heterocycles. The van der Waals surface area contributed by atoms with Crippen LogP contribution in [0.5, 0.6) is 0 Å². The molecule has 4 aliphatic heterocycles. The molecule has 0 N–H and O–H groups in total. The zero-order chi connectivity index (χ0) is 10.7. The third kappa shape index (κ3) is 1.18. The quantitative estimate of drug-likeness (QED) is 0.472. The van der Waals surface area contributed by atoms with Crippen LogP contribution in [0.3, 0.4) is 0 Å². The van der Waals surface area contributed by atoms with Crippen molar-refractivity contribution in [1.29, 1.82) is 0 Å². The highest BCUT2D eigenvalue weighted by atomic mass is 16.7. The first-order valence-corrected chi connectivity index (χ1v) is 5.30. The predicted molar refractivity (Wildman–Crippen MR) is 53.1 cm³/mol. The Hall–Kier alpha value is -0.0951. The van der Waals surface area contributed by atoms with E-state index in [-0.39, 0.29) is 23.6 Å². The molecule has 0 saturated carbocycles. The Morgan fingerprint density at radius 1 is 1.53 bits per heavy atom. The van der Waals surface area contributed by atoms with Crippen LogP contribution in [0.2, 0.25) is 5.82 Å². The second kappa shape index (κ2) is 2.97. The molecular weight excluding hydrogens is 195 g/mol. The highest BCUT2D eigenvalue weighted by Gasteiger charge is 2.73. The molecule has 4 saturated heterocycles. The van der Waals surface area contributed by atoms with Gasteiger partial charge in [-0.25, -0.2) is 0 Å². The van der Waals surface area contributed by atoms with Crippen molar-refractivity contribution in [2.45, 2.75) is 36.2 Å². The number of fused-ring (bicyclic) bond motifs is 3. The van der Waals surface area contributed by atoms with E-state index in [1.807, 2.05) is 6.92 Å². The number of ether oxygens (including phenoxy) is 4. The van der Waals surface area contributed by atoms with Crippen molar-refractivity contribution in [2.24, 2.45) is 0 Å². The zero-order valence-electron chi connectivity index (χ0n) is 9.06. The first-order chi connectivity index (χ1) is 7.12. The molecule has 2 radical (unpaired) electrons. The van der Waals surface area contributed by atoms with Crippen molar-refractivity contribution >= 4 is 7.85 Å². The van der Waals surface area contributed by atoms with Crippen LogP contribution < -0.4 is 0 Å². The molecule has 0 aromatic carbocycles. The minimum absolute atomic E-state index is 0.0463. The van der Waals surface area contributed by atoms with Crippen LogP contribution in [-0.2, 0) is 18.9 Å². The highest BCUT2D eigenvalue weighted by molar-refractivity contribution is 6.12. The molecule has 4 nitrogen and oxygen atoms in total. The molecule has 2 bridgehead atoms. The van der Waals surface area contributed by atoms with Gasteiger partial charge in [0.1, 0.15) is 17.3 Å². The second-order valence-corrected chi connectivity index (χ2v) is 4.89. The summed E-state index contributed by atoms with van der Waals surface area (Å²) in [6.07, 6.45) is 0.0206. The second-order valence-electron chi connectivity index (χ2n) is 4.89. The van der Waals surface area contributed by atoms with Crippen LogP contribution in [0.25, 0.3) is 0 Å². The maximum absolute atomic E-state index is 6.00. The van der Waals surface area contributed by atoms with E-state index in [1.54, 1.807) is 7.11 Å². The maximum atomic E-state index is 6.00. The van der Waals surface area contributed by atoms with Crippen molar-refractivity contribution in [2.75, 3.05) is 26.9 Å². The van der Waals surface area contributed by atoms with Crippen LogP contribution in [0.15, 0.2) is 0 Å². The molecule has 15 heavy (non-hydrogen) atoms. The molecule has 82 valence electrons. The lowest BCUT2D eigenvalue weighted by Gasteiger charge is -2.35. The van der Waals surface area contributed by atoms with Gasteiger partial charge in [-0.3, -0.25) is 0 Å². The first-order valence-electron chi connectivity index (χ1n) is 5.30. The lowest BCUT2D eigenvalue weighted by atomic mass is 9.75. The van der Waals surface area contributed by atoms with Crippen molar-refractivity contribution in [3.63, 3.8) is 0 Å². The summed E-state index contributed by atoms with van der Waals surface area (Å²) in [7, 11) is 7.66. The molecular formula is C10H15BO4. The van der Waals surface area contributed by atoms with Gasteiger partial charge in [0.25, 0.3) is 0 Å². The molecule has 4 fully saturated rings. The van der Waals surface area contributed by atoms with Crippen molar-refractivity contribution in [1.82, 2.24) is 0 Å². The molecule has 0 spiro atoms. The first kappa shape index (κ1) is 10.1. The van der Waals surface area contributed by atoms with Gasteiger partial charge in [0.15, 0.2) is 0 Å². The van der Waals surface area contributed by atoms with E-state index in [4.69, 9.17) is 26.8 Å². The number of rotatable bonds is 2. The average molecular weight is 210 g/mol. The Morgan fingerprint density at radius 2 is 2.33 bits per heavy atom. The fourth-order valence-electron chi connectivity index (χ4n) is 2.96. The van der Waals surface area contributed by atoms with E-state index in [2.05, 4.69) is 0 Å². The molecule has 0 aromatic rings. The topological polar surface area (TPSA) is 40.2 Å².